The standard InChI is InChI=1S/C16H14F3NO3/c1-9-2-5-15(21-9)14-8-12-7-10-6-11(22-16(17,18)19)3-4-13(10)20(14)23-12/h2-6,12,14H,7-8H2,1H3/t12-,14+/m1/s1. The van der Waals surface area contributed by atoms with Gasteiger partial charge in [-0.15, -0.1) is 13.2 Å². The summed E-state index contributed by atoms with van der Waals surface area (Å²) in [6, 6.07) is 8.06. The predicted octanol–water partition coefficient (Wildman–Crippen LogP) is 4.29. The van der Waals surface area contributed by atoms with E-state index in [0.29, 0.717) is 6.42 Å². The average molecular weight is 325 g/mol. The van der Waals surface area contributed by atoms with E-state index in [2.05, 4.69) is 4.74 Å². The number of ether oxygens (including phenoxy) is 1. The van der Waals surface area contributed by atoms with Crippen LogP contribution in [0, 0.1) is 6.92 Å². The monoisotopic (exact) mass is 325 g/mol. The van der Waals surface area contributed by atoms with Gasteiger partial charge in [0, 0.05) is 12.8 Å². The Bertz CT molecular complexity index is 740. The minimum Gasteiger partial charge on any atom is -0.464 e. The lowest BCUT2D eigenvalue weighted by Crippen LogP contribution is -2.27. The summed E-state index contributed by atoms with van der Waals surface area (Å²) in [7, 11) is 0. The number of hydrogen-bond acceptors (Lipinski definition) is 4. The molecule has 0 amide bonds. The van der Waals surface area contributed by atoms with Gasteiger partial charge in [-0.2, -0.15) is 0 Å². The van der Waals surface area contributed by atoms with Crippen LogP contribution in [0.3, 0.4) is 0 Å². The average Bonchev–Trinajstić information content (AvgIpc) is 3.01. The smallest absolute Gasteiger partial charge is 0.464 e. The maximum absolute atomic E-state index is 12.4. The van der Waals surface area contributed by atoms with Crippen LogP contribution in [-0.2, 0) is 11.3 Å². The first kappa shape index (κ1) is 14.4. The van der Waals surface area contributed by atoms with E-state index in [-0.39, 0.29) is 17.9 Å². The summed E-state index contributed by atoms with van der Waals surface area (Å²) in [4.78, 5) is 5.85. The van der Waals surface area contributed by atoms with Crippen LogP contribution >= 0.6 is 0 Å². The molecule has 0 spiro atoms. The number of hydrogen-bond donors (Lipinski definition) is 0. The Labute approximate surface area is 130 Å². The fourth-order valence-electron chi connectivity index (χ4n) is 3.21. The molecule has 1 saturated heterocycles. The van der Waals surface area contributed by atoms with E-state index in [9.17, 15) is 13.2 Å². The van der Waals surface area contributed by atoms with E-state index < -0.39 is 6.36 Å². The number of nitrogens with zero attached hydrogens (tertiary/aromatic N) is 1. The second-order valence-electron chi connectivity index (χ2n) is 5.80. The number of alkyl halides is 3. The van der Waals surface area contributed by atoms with Crippen LogP contribution in [-0.4, -0.2) is 12.5 Å². The van der Waals surface area contributed by atoms with Crippen molar-refractivity contribution in [2.45, 2.75) is 38.3 Å². The summed E-state index contributed by atoms with van der Waals surface area (Å²) >= 11 is 0. The molecule has 1 aromatic carbocycles. The maximum Gasteiger partial charge on any atom is 0.573 e. The summed E-state index contributed by atoms with van der Waals surface area (Å²) in [5.74, 6) is 1.41. The van der Waals surface area contributed by atoms with Crippen molar-refractivity contribution in [3.8, 4) is 5.75 Å². The molecule has 0 saturated carbocycles. The third kappa shape index (κ3) is 2.65. The Morgan fingerprint density at radius 1 is 1.22 bits per heavy atom. The highest BCUT2D eigenvalue weighted by atomic mass is 19.4. The van der Waals surface area contributed by atoms with Crippen molar-refractivity contribution in [1.82, 2.24) is 0 Å². The molecule has 0 unspecified atom stereocenters. The second-order valence-corrected chi connectivity index (χ2v) is 5.80. The Morgan fingerprint density at radius 2 is 2.04 bits per heavy atom. The molecule has 2 aliphatic heterocycles. The van der Waals surface area contributed by atoms with Crippen LogP contribution in [0.15, 0.2) is 34.7 Å². The number of fused-ring (bicyclic) bond motifs is 4. The molecule has 23 heavy (non-hydrogen) atoms. The summed E-state index contributed by atoms with van der Waals surface area (Å²) < 4.78 is 46.7. The van der Waals surface area contributed by atoms with Crippen molar-refractivity contribution < 1.29 is 27.2 Å². The van der Waals surface area contributed by atoms with Gasteiger partial charge < -0.3 is 9.15 Å². The van der Waals surface area contributed by atoms with Gasteiger partial charge in [0.2, 0.25) is 0 Å². The predicted molar refractivity (Wildman–Crippen MR) is 75.0 cm³/mol. The van der Waals surface area contributed by atoms with Crippen LogP contribution in [0.1, 0.15) is 29.5 Å². The zero-order valence-electron chi connectivity index (χ0n) is 12.3. The normalized spacial score (nSPS) is 23.0. The fourth-order valence-corrected chi connectivity index (χ4v) is 3.21. The van der Waals surface area contributed by atoms with Crippen LogP contribution in [0.2, 0.25) is 0 Å². The number of halogens is 3. The van der Waals surface area contributed by atoms with Gasteiger partial charge in [-0.3, -0.25) is 4.84 Å². The van der Waals surface area contributed by atoms with Gasteiger partial charge in [-0.25, -0.2) is 5.06 Å². The summed E-state index contributed by atoms with van der Waals surface area (Å²) in [5, 5.41) is 1.74. The van der Waals surface area contributed by atoms with Crippen molar-refractivity contribution in [2.24, 2.45) is 0 Å². The molecule has 0 N–H and O–H groups in total. The van der Waals surface area contributed by atoms with Crippen molar-refractivity contribution in [3.63, 3.8) is 0 Å². The SMILES string of the molecule is Cc1ccc([C@@H]2C[C@H]3Cc4cc(OC(F)(F)F)ccc4N2O3)o1. The molecule has 1 aromatic heterocycles. The first-order valence-corrected chi connectivity index (χ1v) is 7.30. The van der Waals surface area contributed by atoms with E-state index in [1.807, 2.05) is 19.1 Å². The molecule has 122 valence electrons. The third-order valence-corrected chi connectivity index (χ3v) is 4.09. The van der Waals surface area contributed by atoms with E-state index in [0.717, 1.165) is 29.2 Å². The third-order valence-electron chi connectivity index (χ3n) is 4.09. The quantitative estimate of drug-likeness (QED) is 0.825. The molecule has 0 radical (unpaired) electrons. The van der Waals surface area contributed by atoms with E-state index in [1.165, 1.54) is 12.1 Å². The topological polar surface area (TPSA) is 34.8 Å². The molecule has 1 fully saturated rings. The maximum atomic E-state index is 12.4. The number of anilines is 1. The molecule has 0 aliphatic carbocycles. The molecule has 3 heterocycles. The zero-order valence-corrected chi connectivity index (χ0v) is 12.3. The van der Waals surface area contributed by atoms with Gasteiger partial charge in [0.15, 0.2) is 0 Å². The lowest BCUT2D eigenvalue weighted by molar-refractivity contribution is -0.274. The molecule has 7 heteroatoms. The number of aryl methyl sites for hydroxylation is 1. The van der Waals surface area contributed by atoms with E-state index in [4.69, 9.17) is 9.25 Å². The summed E-state index contributed by atoms with van der Waals surface area (Å²) in [6.45, 7) is 1.87. The molecule has 4 rings (SSSR count). The van der Waals surface area contributed by atoms with E-state index >= 15 is 0 Å². The van der Waals surface area contributed by atoms with Crippen LogP contribution in [0.5, 0.6) is 5.75 Å². The minimum absolute atomic E-state index is 0.0654. The van der Waals surface area contributed by atoms with Crippen LogP contribution < -0.4 is 9.80 Å². The molecule has 4 nitrogen and oxygen atoms in total. The number of hydroxylamine groups is 1. The van der Waals surface area contributed by atoms with Crippen molar-refractivity contribution in [1.29, 1.82) is 0 Å². The second kappa shape index (κ2) is 4.92. The number of benzene rings is 1. The molecule has 2 atom stereocenters. The highest BCUT2D eigenvalue weighted by Gasteiger charge is 2.42. The molecule has 2 aliphatic rings. The highest BCUT2D eigenvalue weighted by molar-refractivity contribution is 5.58. The largest absolute Gasteiger partial charge is 0.573 e. The molecular formula is C16H14F3NO3. The van der Waals surface area contributed by atoms with Gasteiger partial charge in [-0.05, 0) is 42.8 Å². The highest BCUT2D eigenvalue weighted by Crippen LogP contribution is 2.46. The van der Waals surface area contributed by atoms with Gasteiger partial charge in [0.25, 0.3) is 0 Å². The Kier molecular flexibility index (Phi) is 3.09. The van der Waals surface area contributed by atoms with Crippen molar-refractivity contribution in [3.05, 3.63) is 47.4 Å². The van der Waals surface area contributed by atoms with Gasteiger partial charge in [0.05, 0.1) is 11.8 Å². The van der Waals surface area contributed by atoms with Gasteiger partial charge in [-0.1, -0.05) is 0 Å². The summed E-state index contributed by atoms with van der Waals surface area (Å²) in [6.07, 6.45) is -3.47. The molecule has 2 aromatic rings. The first-order valence-electron chi connectivity index (χ1n) is 7.30. The zero-order chi connectivity index (χ0) is 16.2. The van der Waals surface area contributed by atoms with Crippen LogP contribution in [0.25, 0.3) is 0 Å². The Hall–Kier alpha value is -2.15. The lowest BCUT2D eigenvalue weighted by atomic mass is 10.0. The number of rotatable bonds is 2. The van der Waals surface area contributed by atoms with Crippen molar-refractivity contribution >= 4 is 5.69 Å². The van der Waals surface area contributed by atoms with Crippen molar-refractivity contribution in [2.75, 3.05) is 5.06 Å². The Balaban J connectivity index is 1.65. The van der Waals surface area contributed by atoms with E-state index in [1.54, 1.807) is 11.1 Å². The number of furan rings is 1. The van der Waals surface area contributed by atoms with Gasteiger partial charge >= 0.3 is 6.36 Å². The first-order chi connectivity index (χ1) is 10.9. The Morgan fingerprint density at radius 3 is 2.74 bits per heavy atom. The minimum atomic E-state index is -4.69. The summed E-state index contributed by atoms with van der Waals surface area (Å²) in [5.41, 5.74) is 1.54. The molecular weight excluding hydrogens is 311 g/mol. The molecule has 2 bridgehead atoms. The van der Waals surface area contributed by atoms with Gasteiger partial charge in [0.1, 0.15) is 23.3 Å². The fraction of sp³-hybridized carbons (Fsp3) is 0.375. The van der Waals surface area contributed by atoms with Crippen LogP contribution in [0.4, 0.5) is 18.9 Å². The lowest BCUT2D eigenvalue weighted by Gasteiger charge is -2.29.